The maximum Gasteiger partial charge on any atom is 0.335 e. The molecule has 128 valence electrons. The lowest BCUT2D eigenvalue weighted by atomic mass is 10.1. The molecule has 2 aromatic rings. The standard InChI is InChI=1S/C16H20N4O3S/c1-2-3-4-5-13-19-20-16(24-13)18-15(23)17-10-11-6-8-12(9-7-11)14(21)22/h6-9H,2-5,10H2,1H3,(H,21,22)(H2,17,18,20,23). The van der Waals surface area contributed by atoms with Crippen LogP contribution < -0.4 is 10.6 Å². The predicted octanol–water partition coefficient (Wildman–Crippen LogP) is 3.29. The number of aromatic nitrogens is 2. The van der Waals surface area contributed by atoms with E-state index >= 15 is 0 Å². The van der Waals surface area contributed by atoms with Crippen molar-refractivity contribution < 1.29 is 14.7 Å². The number of nitrogens with zero attached hydrogens (tertiary/aromatic N) is 2. The lowest BCUT2D eigenvalue weighted by molar-refractivity contribution is 0.0697. The number of urea groups is 1. The van der Waals surface area contributed by atoms with Crippen molar-refractivity contribution in [2.75, 3.05) is 5.32 Å². The van der Waals surface area contributed by atoms with Crippen LogP contribution in [-0.2, 0) is 13.0 Å². The summed E-state index contributed by atoms with van der Waals surface area (Å²) in [5.74, 6) is -0.974. The molecule has 8 heteroatoms. The fourth-order valence-corrected chi connectivity index (χ4v) is 2.80. The molecule has 24 heavy (non-hydrogen) atoms. The number of aryl methyl sites for hydroxylation is 1. The van der Waals surface area contributed by atoms with E-state index in [1.807, 2.05) is 0 Å². The Bertz CT molecular complexity index is 685. The minimum absolute atomic E-state index is 0.215. The van der Waals surface area contributed by atoms with Crippen LogP contribution in [0.5, 0.6) is 0 Å². The van der Waals surface area contributed by atoms with Crippen LogP contribution in [0.1, 0.15) is 47.1 Å². The monoisotopic (exact) mass is 348 g/mol. The van der Waals surface area contributed by atoms with Crippen molar-refractivity contribution in [3.05, 3.63) is 40.4 Å². The minimum Gasteiger partial charge on any atom is -0.478 e. The number of hydrogen-bond acceptors (Lipinski definition) is 5. The Hall–Kier alpha value is -2.48. The highest BCUT2D eigenvalue weighted by Crippen LogP contribution is 2.17. The number of carbonyl (C=O) groups excluding carboxylic acids is 1. The Morgan fingerprint density at radius 3 is 2.58 bits per heavy atom. The van der Waals surface area contributed by atoms with E-state index in [1.54, 1.807) is 12.1 Å². The summed E-state index contributed by atoms with van der Waals surface area (Å²) in [6.45, 7) is 2.44. The van der Waals surface area contributed by atoms with Gasteiger partial charge < -0.3 is 10.4 Å². The summed E-state index contributed by atoms with van der Waals surface area (Å²) in [6, 6.07) is 5.98. The van der Waals surface area contributed by atoms with Crippen molar-refractivity contribution in [2.24, 2.45) is 0 Å². The first-order chi connectivity index (χ1) is 11.6. The van der Waals surface area contributed by atoms with Gasteiger partial charge in [-0.15, -0.1) is 10.2 Å². The summed E-state index contributed by atoms with van der Waals surface area (Å²) in [5, 5.41) is 23.6. The molecule has 0 aliphatic rings. The number of unbranched alkanes of at least 4 members (excludes halogenated alkanes) is 2. The van der Waals surface area contributed by atoms with E-state index in [4.69, 9.17) is 5.11 Å². The first-order valence-corrected chi connectivity index (χ1v) is 8.59. The van der Waals surface area contributed by atoms with Crippen molar-refractivity contribution in [3.63, 3.8) is 0 Å². The highest BCUT2D eigenvalue weighted by Gasteiger charge is 2.08. The third kappa shape index (κ3) is 5.62. The second kappa shape index (κ2) is 8.97. The van der Waals surface area contributed by atoms with Crippen LogP contribution in [0.3, 0.4) is 0 Å². The van der Waals surface area contributed by atoms with E-state index in [9.17, 15) is 9.59 Å². The first-order valence-electron chi connectivity index (χ1n) is 7.78. The normalized spacial score (nSPS) is 10.4. The molecule has 2 rings (SSSR count). The molecule has 0 aliphatic heterocycles. The zero-order chi connectivity index (χ0) is 17.4. The van der Waals surface area contributed by atoms with Crippen LogP contribution in [0.4, 0.5) is 9.93 Å². The maximum atomic E-state index is 11.9. The van der Waals surface area contributed by atoms with E-state index in [0.29, 0.717) is 11.7 Å². The fourth-order valence-electron chi connectivity index (χ4n) is 2.02. The average molecular weight is 348 g/mol. The molecule has 0 aliphatic carbocycles. The summed E-state index contributed by atoms with van der Waals surface area (Å²) in [7, 11) is 0. The predicted molar refractivity (Wildman–Crippen MR) is 92.4 cm³/mol. The Labute approximate surface area is 144 Å². The molecule has 3 N–H and O–H groups in total. The van der Waals surface area contributed by atoms with Crippen LogP contribution in [0.2, 0.25) is 0 Å². The molecule has 1 aromatic heterocycles. The van der Waals surface area contributed by atoms with E-state index in [2.05, 4.69) is 27.8 Å². The SMILES string of the molecule is CCCCCc1nnc(NC(=O)NCc2ccc(C(=O)O)cc2)s1. The molecule has 0 saturated carbocycles. The Balaban J connectivity index is 1.77. The zero-order valence-electron chi connectivity index (χ0n) is 13.4. The van der Waals surface area contributed by atoms with E-state index in [0.717, 1.165) is 36.3 Å². The largest absolute Gasteiger partial charge is 0.478 e. The van der Waals surface area contributed by atoms with Crippen LogP contribution >= 0.6 is 11.3 Å². The quantitative estimate of drug-likeness (QED) is 0.635. The Kier molecular flexibility index (Phi) is 6.68. The number of carboxylic acids is 1. The van der Waals surface area contributed by atoms with E-state index < -0.39 is 5.97 Å². The molecular weight excluding hydrogens is 328 g/mol. The molecule has 7 nitrogen and oxygen atoms in total. The summed E-state index contributed by atoms with van der Waals surface area (Å²) in [5.41, 5.74) is 1.03. The first kappa shape index (κ1) is 17.9. The second-order valence-corrected chi connectivity index (χ2v) is 6.33. The number of carbonyl (C=O) groups is 2. The number of benzene rings is 1. The summed E-state index contributed by atoms with van der Waals surface area (Å²) in [4.78, 5) is 22.6. The molecule has 2 amide bonds. The average Bonchev–Trinajstić information content (AvgIpc) is 3.01. The lowest BCUT2D eigenvalue weighted by Gasteiger charge is -2.05. The van der Waals surface area contributed by atoms with Crippen LogP contribution in [0, 0.1) is 0 Å². The molecular formula is C16H20N4O3S. The van der Waals surface area contributed by atoms with Crippen molar-refractivity contribution in [3.8, 4) is 0 Å². The lowest BCUT2D eigenvalue weighted by Crippen LogP contribution is -2.28. The van der Waals surface area contributed by atoms with E-state index in [-0.39, 0.29) is 11.6 Å². The van der Waals surface area contributed by atoms with Crippen molar-refractivity contribution in [2.45, 2.75) is 39.2 Å². The molecule has 1 heterocycles. The van der Waals surface area contributed by atoms with Crippen LogP contribution in [0.25, 0.3) is 0 Å². The van der Waals surface area contributed by atoms with Gasteiger partial charge in [-0.05, 0) is 24.1 Å². The highest BCUT2D eigenvalue weighted by atomic mass is 32.1. The van der Waals surface area contributed by atoms with Crippen molar-refractivity contribution in [1.29, 1.82) is 0 Å². The molecule has 0 fully saturated rings. The number of carboxylic acid groups (broad SMARTS) is 1. The maximum absolute atomic E-state index is 11.9. The minimum atomic E-state index is -0.974. The molecule has 0 radical (unpaired) electrons. The third-order valence-corrected chi connectivity index (χ3v) is 4.23. The summed E-state index contributed by atoms with van der Waals surface area (Å²) < 4.78 is 0. The fraction of sp³-hybridized carbons (Fsp3) is 0.375. The number of anilines is 1. The highest BCUT2D eigenvalue weighted by molar-refractivity contribution is 7.15. The van der Waals surface area contributed by atoms with Gasteiger partial charge in [0.25, 0.3) is 0 Å². The number of aromatic carboxylic acids is 1. The third-order valence-electron chi connectivity index (χ3n) is 3.34. The number of hydrogen-bond donors (Lipinski definition) is 3. The van der Waals surface area contributed by atoms with Gasteiger partial charge >= 0.3 is 12.0 Å². The van der Waals surface area contributed by atoms with Gasteiger partial charge in [-0.25, -0.2) is 9.59 Å². The zero-order valence-corrected chi connectivity index (χ0v) is 14.2. The molecule has 1 aromatic carbocycles. The Morgan fingerprint density at radius 1 is 1.17 bits per heavy atom. The molecule has 0 spiro atoms. The summed E-state index contributed by atoms with van der Waals surface area (Å²) >= 11 is 1.38. The van der Waals surface area contributed by atoms with Gasteiger partial charge in [0.15, 0.2) is 0 Å². The van der Waals surface area contributed by atoms with Gasteiger partial charge in [-0.3, -0.25) is 5.32 Å². The molecule has 0 atom stereocenters. The van der Waals surface area contributed by atoms with Gasteiger partial charge in [0.05, 0.1) is 5.56 Å². The van der Waals surface area contributed by atoms with Crippen molar-refractivity contribution >= 4 is 28.5 Å². The summed E-state index contributed by atoms with van der Waals surface area (Å²) in [6.07, 6.45) is 4.26. The van der Waals surface area contributed by atoms with E-state index in [1.165, 1.54) is 23.5 Å². The van der Waals surface area contributed by atoms with Gasteiger partial charge in [0, 0.05) is 13.0 Å². The number of nitrogens with one attached hydrogen (secondary N) is 2. The van der Waals surface area contributed by atoms with Crippen LogP contribution in [0.15, 0.2) is 24.3 Å². The Morgan fingerprint density at radius 2 is 1.92 bits per heavy atom. The smallest absolute Gasteiger partial charge is 0.335 e. The number of rotatable bonds is 8. The van der Waals surface area contributed by atoms with Gasteiger partial charge in [0.1, 0.15) is 5.01 Å². The van der Waals surface area contributed by atoms with Gasteiger partial charge in [-0.2, -0.15) is 0 Å². The second-order valence-electron chi connectivity index (χ2n) is 5.27. The molecule has 0 unspecified atom stereocenters. The molecule has 0 saturated heterocycles. The van der Waals surface area contributed by atoms with Crippen LogP contribution in [-0.4, -0.2) is 27.3 Å². The number of amides is 2. The topological polar surface area (TPSA) is 104 Å². The molecule has 0 bridgehead atoms. The van der Waals surface area contributed by atoms with Gasteiger partial charge in [0.2, 0.25) is 5.13 Å². The van der Waals surface area contributed by atoms with Crippen molar-refractivity contribution in [1.82, 2.24) is 15.5 Å². The van der Waals surface area contributed by atoms with Gasteiger partial charge in [-0.1, -0.05) is 43.2 Å².